The van der Waals surface area contributed by atoms with E-state index < -0.39 is 23.5 Å². The Balaban J connectivity index is 1.69. The first kappa shape index (κ1) is 25.7. The lowest BCUT2D eigenvalue weighted by molar-refractivity contribution is -0.907. The van der Waals surface area contributed by atoms with Crippen LogP contribution in [0.25, 0.3) is 5.76 Å². The lowest BCUT2D eigenvalue weighted by Crippen LogP contribution is -3.14. The van der Waals surface area contributed by atoms with Crippen molar-refractivity contribution in [1.82, 2.24) is 4.90 Å². The van der Waals surface area contributed by atoms with Gasteiger partial charge < -0.3 is 29.1 Å². The molecule has 0 radical (unpaired) electrons. The lowest BCUT2D eigenvalue weighted by Gasteiger charge is -2.30. The Morgan fingerprint density at radius 2 is 1.69 bits per heavy atom. The summed E-state index contributed by atoms with van der Waals surface area (Å²) >= 11 is 0. The largest absolute Gasteiger partial charge is 0.872 e. The van der Waals surface area contributed by atoms with Gasteiger partial charge in [-0.05, 0) is 56.2 Å². The number of carbonyl (C=O) groups is 2. The summed E-state index contributed by atoms with van der Waals surface area (Å²) in [7, 11) is 0. The highest BCUT2D eigenvalue weighted by Crippen LogP contribution is 2.39. The number of nitrogens with zero attached hydrogens (tertiary/aromatic N) is 1. The minimum absolute atomic E-state index is 0.00107. The Morgan fingerprint density at radius 1 is 1.06 bits per heavy atom. The van der Waals surface area contributed by atoms with Crippen molar-refractivity contribution in [2.75, 3.05) is 46.0 Å². The summed E-state index contributed by atoms with van der Waals surface area (Å²) in [6.45, 7) is 10.4. The number of carbonyl (C=O) groups excluding carboxylic acids is 2. The van der Waals surface area contributed by atoms with Crippen LogP contribution in [0.1, 0.15) is 37.9 Å². The van der Waals surface area contributed by atoms with E-state index in [0.717, 1.165) is 13.1 Å². The minimum Gasteiger partial charge on any atom is -0.872 e. The number of ketones is 1. The smallest absolute Gasteiger partial charge is 0.295 e. The third kappa shape index (κ3) is 5.71. The molecule has 2 aromatic rings. The van der Waals surface area contributed by atoms with Gasteiger partial charge in [-0.1, -0.05) is 30.0 Å². The summed E-state index contributed by atoms with van der Waals surface area (Å²) in [4.78, 5) is 29.3. The predicted octanol–water partition coefficient (Wildman–Crippen LogP) is 1.01. The van der Waals surface area contributed by atoms with E-state index in [2.05, 4.69) is 0 Å². The zero-order chi connectivity index (χ0) is 25.7. The second-order valence-corrected chi connectivity index (χ2v) is 9.28. The van der Waals surface area contributed by atoms with Gasteiger partial charge in [0.2, 0.25) is 5.78 Å². The second-order valence-electron chi connectivity index (χ2n) is 9.28. The van der Waals surface area contributed by atoms with Crippen molar-refractivity contribution in [2.45, 2.75) is 32.9 Å². The molecule has 2 fully saturated rings. The van der Waals surface area contributed by atoms with Crippen LogP contribution < -0.4 is 19.5 Å². The number of benzene rings is 2. The minimum atomic E-state index is -0.750. The molecule has 0 aromatic heterocycles. The molecule has 8 nitrogen and oxygen atoms in total. The van der Waals surface area contributed by atoms with E-state index in [1.807, 2.05) is 32.9 Å². The summed E-state index contributed by atoms with van der Waals surface area (Å²) in [5.41, 5.74) is 1.04. The van der Waals surface area contributed by atoms with E-state index in [9.17, 15) is 14.7 Å². The van der Waals surface area contributed by atoms with Crippen molar-refractivity contribution in [3.8, 4) is 11.5 Å². The molecule has 4 rings (SSSR count). The van der Waals surface area contributed by atoms with Crippen LogP contribution in [0.4, 0.5) is 0 Å². The maximum atomic E-state index is 13.6. The maximum absolute atomic E-state index is 13.6. The van der Waals surface area contributed by atoms with Crippen LogP contribution in [0.15, 0.2) is 54.1 Å². The Labute approximate surface area is 212 Å². The Hall–Kier alpha value is -3.36. The highest BCUT2D eigenvalue weighted by Gasteiger charge is 2.44. The van der Waals surface area contributed by atoms with Gasteiger partial charge in [0.25, 0.3) is 5.91 Å². The van der Waals surface area contributed by atoms with E-state index in [1.165, 1.54) is 4.90 Å². The fourth-order valence-corrected chi connectivity index (χ4v) is 4.66. The predicted molar refractivity (Wildman–Crippen MR) is 133 cm³/mol. The normalized spacial score (nSPS) is 20.2. The Bertz CT molecular complexity index is 1090. The van der Waals surface area contributed by atoms with Gasteiger partial charge in [-0.15, -0.1) is 0 Å². The number of hydrogen-bond acceptors (Lipinski definition) is 6. The number of quaternary nitrogens is 1. The molecule has 0 spiro atoms. The Morgan fingerprint density at radius 3 is 2.31 bits per heavy atom. The van der Waals surface area contributed by atoms with Crippen LogP contribution in [0.3, 0.4) is 0 Å². The molecule has 1 unspecified atom stereocenters. The van der Waals surface area contributed by atoms with Gasteiger partial charge in [0.1, 0.15) is 24.6 Å². The summed E-state index contributed by atoms with van der Waals surface area (Å²) < 4.78 is 16.7. The SMILES string of the molecule is CCOc1ccc(C2/C(=C(\[O-])c3ccc(OC(C)C)cc3)C(=O)C(=O)N2CC[NH+]2CCOCC2)cc1. The average Bonchev–Trinajstić information content (AvgIpc) is 3.13. The number of nitrogens with one attached hydrogen (secondary N) is 1. The first-order valence-corrected chi connectivity index (χ1v) is 12.6. The van der Waals surface area contributed by atoms with Crippen LogP contribution in [-0.4, -0.2) is 68.7 Å². The molecule has 2 aliphatic rings. The van der Waals surface area contributed by atoms with Crippen molar-refractivity contribution in [3.05, 3.63) is 65.2 Å². The van der Waals surface area contributed by atoms with E-state index in [1.54, 1.807) is 41.3 Å². The van der Waals surface area contributed by atoms with E-state index >= 15 is 0 Å². The molecular weight excluding hydrogens is 460 g/mol. The average molecular weight is 495 g/mol. The summed E-state index contributed by atoms with van der Waals surface area (Å²) in [5.74, 6) is -0.485. The molecule has 1 atom stereocenters. The van der Waals surface area contributed by atoms with E-state index in [4.69, 9.17) is 14.2 Å². The van der Waals surface area contributed by atoms with Gasteiger partial charge in [-0.25, -0.2) is 0 Å². The van der Waals surface area contributed by atoms with Gasteiger partial charge in [-0.3, -0.25) is 9.59 Å². The molecule has 0 aliphatic carbocycles. The second kappa shape index (κ2) is 11.6. The van der Waals surface area contributed by atoms with Crippen LogP contribution >= 0.6 is 0 Å². The standard InChI is InChI=1S/C28H34N2O6/c1-4-35-22-9-5-20(6-10-22)25-24(26(31)21-7-11-23(12-8-21)36-19(2)3)27(32)28(33)30(25)14-13-29-15-17-34-18-16-29/h5-12,19,25,31H,4,13-18H2,1-3H3/b26-24+. The van der Waals surface area contributed by atoms with Crippen molar-refractivity contribution in [1.29, 1.82) is 0 Å². The van der Waals surface area contributed by atoms with Crippen molar-refractivity contribution < 1.29 is 33.8 Å². The van der Waals surface area contributed by atoms with Crippen LogP contribution in [0, 0.1) is 0 Å². The molecule has 2 aromatic carbocycles. The molecule has 1 amide bonds. The molecule has 36 heavy (non-hydrogen) atoms. The van der Waals surface area contributed by atoms with Crippen molar-refractivity contribution >= 4 is 17.4 Å². The van der Waals surface area contributed by atoms with Gasteiger partial charge in [0, 0.05) is 5.57 Å². The first-order valence-electron chi connectivity index (χ1n) is 12.6. The van der Waals surface area contributed by atoms with Crippen LogP contribution in [0.2, 0.25) is 0 Å². The highest BCUT2D eigenvalue weighted by molar-refractivity contribution is 6.46. The van der Waals surface area contributed by atoms with Crippen LogP contribution in [0.5, 0.6) is 11.5 Å². The number of rotatable bonds is 9. The number of ether oxygens (including phenoxy) is 3. The van der Waals surface area contributed by atoms with Crippen molar-refractivity contribution in [2.24, 2.45) is 0 Å². The third-order valence-corrected chi connectivity index (χ3v) is 6.43. The van der Waals surface area contributed by atoms with Crippen LogP contribution in [-0.2, 0) is 14.3 Å². The fourth-order valence-electron chi connectivity index (χ4n) is 4.66. The summed E-state index contributed by atoms with van der Waals surface area (Å²) in [6.07, 6.45) is 0.00107. The monoisotopic (exact) mass is 494 g/mol. The number of morpholine rings is 1. The molecular formula is C28H34N2O6. The zero-order valence-electron chi connectivity index (χ0n) is 21.1. The lowest BCUT2D eigenvalue weighted by atomic mass is 9.95. The zero-order valence-corrected chi connectivity index (χ0v) is 21.1. The first-order chi connectivity index (χ1) is 17.4. The maximum Gasteiger partial charge on any atom is 0.295 e. The number of likely N-dealkylation sites (tertiary alicyclic amines) is 1. The van der Waals surface area contributed by atoms with Gasteiger partial charge >= 0.3 is 0 Å². The van der Waals surface area contributed by atoms with Gasteiger partial charge in [0.15, 0.2) is 0 Å². The topological polar surface area (TPSA) is 92.6 Å². The highest BCUT2D eigenvalue weighted by atomic mass is 16.5. The molecule has 2 saturated heterocycles. The quantitative estimate of drug-likeness (QED) is 0.318. The number of amides is 1. The molecule has 8 heteroatoms. The molecule has 2 aliphatic heterocycles. The molecule has 2 heterocycles. The summed E-state index contributed by atoms with van der Waals surface area (Å²) in [5, 5.41) is 13.6. The molecule has 0 bridgehead atoms. The van der Waals surface area contributed by atoms with Crippen molar-refractivity contribution in [3.63, 3.8) is 0 Å². The third-order valence-electron chi connectivity index (χ3n) is 6.43. The van der Waals surface area contributed by atoms with Gasteiger partial charge in [-0.2, -0.15) is 0 Å². The molecule has 0 saturated carbocycles. The summed E-state index contributed by atoms with van der Waals surface area (Å²) in [6, 6.07) is 13.2. The Kier molecular flexibility index (Phi) is 8.28. The number of hydrogen-bond donors (Lipinski definition) is 1. The number of Topliss-reactive ketones (excluding diaryl/α,β-unsaturated/α-hetero) is 1. The van der Waals surface area contributed by atoms with Gasteiger partial charge in [0.05, 0.1) is 45.1 Å². The van der Waals surface area contributed by atoms with E-state index in [0.29, 0.717) is 55.5 Å². The fraction of sp³-hybridized carbons (Fsp3) is 0.429. The molecule has 1 N–H and O–H groups in total. The van der Waals surface area contributed by atoms with E-state index in [-0.39, 0.29) is 11.7 Å². The molecule has 192 valence electrons.